The Labute approximate surface area is 157 Å². The van der Waals surface area contributed by atoms with Crippen LogP contribution >= 0.6 is 0 Å². The van der Waals surface area contributed by atoms with Crippen molar-refractivity contribution in [1.29, 1.82) is 0 Å². The van der Waals surface area contributed by atoms with Crippen molar-refractivity contribution in [1.82, 2.24) is 19.6 Å². The van der Waals surface area contributed by atoms with Crippen molar-refractivity contribution < 1.29 is 5.11 Å². The van der Waals surface area contributed by atoms with Crippen LogP contribution < -0.4 is 0 Å². The number of aliphatic hydroxyl groups is 1. The Morgan fingerprint density at radius 1 is 1.23 bits per heavy atom. The van der Waals surface area contributed by atoms with Crippen molar-refractivity contribution >= 4 is 0 Å². The quantitative estimate of drug-likeness (QED) is 0.864. The lowest BCUT2D eigenvalue weighted by Crippen LogP contribution is -2.55. The fourth-order valence-electron chi connectivity index (χ4n) is 4.18. The van der Waals surface area contributed by atoms with Crippen LogP contribution in [0.1, 0.15) is 37.0 Å². The molecule has 1 N–H and O–H groups in total. The van der Waals surface area contributed by atoms with Gasteiger partial charge in [0.05, 0.1) is 5.69 Å². The predicted octanol–water partition coefficient (Wildman–Crippen LogP) is 2.77. The van der Waals surface area contributed by atoms with Gasteiger partial charge in [-0.15, -0.1) is 0 Å². The Bertz CT molecular complexity index is 711. The average molecular weight is 357 g/mol. The smallest absolute Gasteiger partial charge is 0.0695 e. The third-order valence-corrected chi connectivity index (χ3v) is 5.46. The zero-order valence-electron chi connectivity index (χ0n) is 16.5. The highest BCUT2D eigenvalue weighted by Gasteiger charge is 2.28. The number of nitrogens with zero attached hydrogens (tertiary/aromatic N) is 4. The van der Waals surface area contributed by atoms with Crippen LogP contribution in [0, 0.1) is 13.8 Å². The first-order valence-electron chi connectivity index (χ1n) is 9.68. The van der Waals surface area contributed by atoms with Gasteiger partial charge in [0.1, 0.15) is 0 Å². The first-order chi connectivity index (χ1) is 12.5. The van der Waals surface area contributed by atoms with E-state index in [1.807, 2.05) is 23.1 Å². The molecular weight excluding hydrogens is 324 g/mol. The van der Waals surface area contributed by atoms with Gasteiger partial charge in [-0.05, 0) is 62.9 Å². The molecule has 0 bridgehead atoms. The van der Waals surface area contributed by atoms with Gasteiger partial charge >= 0.3 is 0 Å². The molecule has 2 heterocycles. The molecule has 5 heteroatoms. The summed E-state index contributed by atoms with van der Waals surface area (Å²) >= 11 is 0. The molecule has 1 aromatic carbocycles. The third kappa shape index (κ3) is 4.17. The molecule has 0 aliphatic carbocycles. The van der Waals surface area contributed by atoms with E-state index < -0.39 is 0 Å². The Balaban J connectivity index is 1.83. The van der Waals surface area contributed by atoms with Crippen LogP contribution in [0.5, 0.6) is 0 Å². The molecule has 5 nitrogen and oxygen atoms in total. The molecule has 0 saturated carbocycles. The van der Waals surface area contributed by atoms with Gasteiger partial charge in [0, 0.05) is 57.3 Å². The molecule has 1 fully saturated rings. The second-order valence-corrected chi connectivity index (χ2v) is 7.76. The summed E-state index contributed by atoms with van der Waals surface area (Å²) < 4.78 is 1.98. The summed E-state index contributed by atoms with van der Waals surface area (Å²) in [6.07, 6.45) is 4.69. The minimum atomic E-state index is 0.254. The molecule has 2 aromatic rings. The zero-order valence-corrected chi connectivity index (χ0v) is 16.5. The van der Waals surface area contributed by atoms with E-state index in [-0.39, 0.29) is 6.61 Å². The number of rotatable bonds is 6. The van der Waals surface area contributed by atoms with Crippen molar-refractivity contribution in [2.24, 2.45) is 0 Å². The van der Waals surface area contributed by atoms with Crippen LogP contribution in [-0.2, 0) is 6.54 Å². The average Bonchev–Trinajstić information content (AvgIpc) is 3.11. The molecular formula is C21H32N4O. The second kappa shape index (κ2) is 8.33. The number of hydrogen-bond donors (Lipinski definition) is 1. The highest BCUT2D eigenvalue weighted by molar-refractivity contribution is 5.48. The molecule has 142 valence electrons. The summed E-state index contributed by atoms with van der Waals surface area (Å²) in [6.45, 7) is 13.1. The SMILES string of the molecule is Cc1cc(C)c(CN2CCN(C(C)C)C(CCO)C2)c(-n2cccn2)c1. The van der Waals surface area contributed by atoms with E-state index in [1.165, 1.54) is 22.4 Å². The zero-order chi connectivity index (χ0) is 18.7. The first kappa shape index (κ1) is 19.1. The number of hydrogen-bond acceptors (Lipinski definition) is 4. The van der Waals surface area contributed by atoms with Gasteiger partial charge in [-0.25, -0.2) is 4.68 Å². The summed E-state index contributed by atoms with van der Waals surface area (Å²) in [5.41, 5.74) is 5.11. The summed E-state index contributed by atoms with van der Waals surface area (Å²) in [7, 11) is 0. The van der Waals surface area contributed by atoms with E-state index in [9.17, 15) is 5.11 Å². The van der Waals surface area contributed by atoms with Gasteiger partial charge in [-0.3, -0.25) is 9.80 Å². The van der Waals surface area contributed by atoms with E-state index in [4.69, 9.17) is 0 Å². The molecule has 1 atom stereocenters. The molecule has 1 aromatic heterocycles. The highest BCUT2D eigenvalue weighted by Crippen LogP contribution is 2.24. The Morgan fingerprint density at radius 2 is 2.04 bits per heavy atom. The minimum Gasteiger partial charge on any atom is -0.396 e. The number of aliphatic hydroxyl groups excluding tert-OH is 1. The third-order valence-electron chi connectivity index (χ3n) is 5.46. The molecule has 1 aliphatic heterocycles. The molecule has 1 saturated heterocycles. The van der Waals surface area contributed by atoms with Crippen LogP contribution in [-0.4, -0.2) is 63.0 Å². The first-order valence-corrected chi connectivity index (χ1v) is 9.68. The van der Waals surface area contributed by atoms with Gasteiger partial charge in [0.25, 0.3) is 0 Å². The topological polar surface area (TPSA) is 44.5 Å². The van der Waals surface area contributed by atoms with Gasteiger partial charge in [0.2, 0.25) is 0 Å². The van der Waals surface area contributed by atoms with Crippen LogP contribution in [0.2, 0.25) is 0 Å². The maximum Gasteiger partial charge on any atom is 0.0695 e. The van der Waals surface area contributed by atoms with Crippen molar-refractivity contribution in [3.05, 3.63) is 47.3 Å². The molecule has 1 unspecified atom stereocenters. The van der Waals surface area contributed by atoms with Gasteiger partial charge in [0.15, 0.2) is 0 Å². The van der Waals surface area contributed by atoms with Crippen LogP contribution in [0.3, 0.4) is 0 Å². The Kier molecular flexibility index (Phi) is 6.12. The minimum absolute atomic E-state index is 0.254. The number of benzene rings is 1. The number of aryl methyl sites for hydroxylation is 2. The molecule has 1 aliphatic rings. The van der Waals surface area contributed by atoms with Crippen molar-refractivity contribution in [3.8, 4) is 5.69 Å². The fourth-order valence-corrected chi connectivity index (χ4v) is 4.18. The standard InChI is InChI=1S/C21H32N4O/c1-16(2)24-10-9-23(14-19(24)6-11-26)15-20-18(4)12-17(3)13-21(20)25-8-5-7-22-25/h5,7-8,12-13,16,19,26H,6,9-11,14-15H2,1-4H3. The largest absolute Gasteiger partial charge is 0.396 e. The number of aromatic nitrogens is 2. The summed E-state index contributed by atoms with van der Waals surface area (Å²) in [4.78, 5) is 5.06. The normalized spacial score (nSPS) is 19.4. The molecule has 26 heavy (non-hydrogen) atoms. The maximum absolute atomic E-state index is 9.48. The number of piperazine rings is 1. The fraction of sp³-hybridized carbons (Fsp3) is 0.571. The van der Waals surface area contributed by atoms with E-state index in [2.05, 4.69) is 54.7 Å². The molecule has 3 rings (SSSR count). The molecule has 0 spiro atoms. The lowest BCUT2D eigenvalue weighted by atomic mass is 10.0. The summed E-state index contributed by atoms with van der Waals surface area (Å²) in [6, 6.07) is 7.41. The predicted molar refractivity (Wildman–Crippen MR) is 106 cm³/mol. The summed E-state index contributed by atoms with van der Waals surface area (Å²) in [5, 5.41) is 13.9. The van der Waals surface area contributed by atoms with Gasteiger partial charge in [-0.2, -0.15) is 5.10 Å². The lowest BCUT2D eigenvalue weighted by Gasteiger charge is -2.43. The van der Waals surface area contributed by atoms with Crippen LogP contribution in [0.15, 0.2) is 30.6 Å². The van der Waals surface area contributed by atoms with Crippen molar-refractivity contribution in [3.63, 3.8) is 0 Å². The van der Waals surface area contributed by atoms with Gasteiger partial charge < -0.3 is 5.11 Å². The van der Waals surface area contributed by atoms with Crippen molar-refractivity contribution in [2.75, 3.05) is 26.2 Å². The lowest BCUT2D eigenvalue weighted by molar-refractivity contribution is 0.0348. The highest BCUT2D eigenvalue weighted by atomic mass is 16.3. The Hall–Kier alpha value is -1.69. The molecule has 0 amide bonds. The van der Waals surface area contributed by atoms with E-state index in [0.29, 0.717) is 12.1 Å². The monoisotopic (exact) mass is 356 g/mol. The van der Waals surface area contributed by atoms with E-state index in [0.717, 1.165) is 32.6 Å². The van der Waals surface area contributed by atoms with Gasteiger partial charge in [-0.1, -0.05) is 6.07 Å². The Morgan fingerprint density at radius 3 is 2.69 bits per heavy atom. The van der Waals surface area contributed by atoms with Crippen LogP contribution in [0.25, 0.3) is 5.69 Å². The summed E-state index contributed by atoms with van der Waals surface area (Å²) in [5.74, 6) is 0. The molecule has 0 radical (unpaired) electrons. The second-order valence-electron chi connectivity index (χ2n) is 7.76. The van der Waals surface area contributed by atoms with Crippen molar-refractivity contribution in [2.45, 2.75) is 52.7 Å². The van der Waals surface area contributed by atoms with Crippen LogP contribution in [0.4, 0.5) is 0 Å². The van der Waals surface area contributed by atoms with E-state index in [1.54, 1.807) is 0 Å². The van der Waals surface area contributed by atoms with E-state index >= 15 is 0 Å². The maximum atomic E-state index is 9.48.